The van der Waals surface area contributed by atoms with E-state index in [1.165, 1.54) is 16.7 Å². The number of benzene rings is 2. The first-order chi connectivity index (χ1) is 11.2. The van der Waals surface area contributed by atoms with Crippen molar-refractivity contribution in [2.45, 2.75) is 20.4 Å². The Morgan fingerprint density at radius 1 is 0.870 bits per heavy atom. The molecule has 0 unspecified atom stereocenters. The minimum absolute atomic E-state index is 0.739. The molecule has 0 atom stereocenters. The second-order valence-corrected chi connectivity index (χ2v) is 5.57. The van der Waals surface area contributed by atoms with Gasteiger partial charge in [0.15, 0.2) is 0 Å². The summed E-state index contributed by atoms with van der Waals surface area (Å²) in [5.41, 5.74) is 4.72. The van der Waals surface area contributed by atoms with Gasteiger partial charge in [0.05, 0.1) is 0 Å². The zero-order chi connectivity index (χ0) is 16.1. The highest BCUT2D eigenvalue weighted by molar-refractivity contribution is 5.61. The second-order valence-electron chi connectivity index (χ2n) is 5.57. The minimum Gasteiger partial charge on any atom is -0.366 e. The summed E-state index contributed by atoms with van der Waals surface area (Å²) in [4.78, 5) is 8.56. The van der Waals surface area contributed by atoms with Gasteiger partial charge in [-0.25, -0.2) is 9.97 Å². The Kier molecular flexibility index (Phi) is 4.52. The smallest absolute Gasteiger partial charge is 0.135 e. The van der Waals surface area contributed by atoms with E-state index in [0.29, 0.717) is 0 Å². The number of anilines is 3. The van der Waals surface area contributed by atoms with Crippen molar-refractivity contribution in [2.75, 3.05) is 10.6 Å². The van der Waals surface area contributed by atoms with Crippen LogP contribution in [0.5, 0.6) is 0 Å². The highest BCUT2D eigenvalue weighted by atomic mass is 15.1. The van der Waals surface area contributed by atoms with Crippen molar-refractivity contribution >= 4 is 17.3 Å². The maximum atomic E-state index is 4.28. The van der Waals surface area contributed by atoms with Gasteiger partial charge in [0.1, 0.15) is 18.0 Å². The molecule has 1 heterocycles. The van der Waals surface area contributed by atoms with E-state index in [1.54, 1.807) is 6.33 Å². The van der Waals surface area contributed by atoms with E-state index >= 15 is 0 Å². The molecule has 2 aromatic carbocycles. The number of hydrogen-bond acceptors (Lipinski definition) is 4. The maximum Gasteiger partial charge on any atom is 0.135 e. The number of para-hydroxylation sites is 1. The van der Waals surface area contributed by atoms with Crippen LogP contribution in [-0.2, 0) is 6.54 Å². The van der Waals surface area contributed by atoms with Gasteiger partial charge in [-0.15, -0.1) is 0 Å². The fourth-order valence-corrected chi connectivity index (χ4v) is 2.39. The topological polar surface area (TPSA) is 49.8 Å². The molecule has 0 bridgehead atoms. The van der Waals surface area contributed by atoms with E-state index in [9.17, 15) is 0 Å². The van der Waals surface area contributed by atoms with Crippen molar-refractivity contribution in [1.29, 1.82) is 0 Å². The van der Waals surface area contributed by atoms with Crippen molar-refractivity contribution in [2.24, 2.45) is 0 Å². The van der Waals surface area contributed by atoms with Crippen LogP contribution in [0.2, 0.25) is 0 Å². The third-order valence-electron chi connectivity index (χ3n) is 3.63. The fraction of sp³-hybridized carbons (Fsp3) is 0.158. The van der Waals surface area contributed by atoms with Crippen LogP contribution >= 0.6 is 0 Å². The minimum atomic E-state index is 0.739. The third kappa shape index (κ3) is 4.07. The van der Waals surface area contributed by atoms with Gasteiger partial charge in [-0.05, 0) is 31.0 Å². The molecule has 116 valence electrons. The highest BCUT2D eigenvalue weighted by Crippen LogP contribution is 2.19. The molecule has 0 fully saturated rings. The SMILES string of the molecule is Cc1cccc(CNc2cc(Nc3ccccc3C)ncn2)c1. The first-order valence-electron chi connectivity index (χ1n) is 7.65. The van der Waals surface area contributed by atoms with Gasteiger partial charge < -0.3 is 10.6 Å². The van der Waals surface area contributed by atoms with Crippen molar-refractivity contribution in [3.05, 3.63) is 77.6 Å². The Balaban J connectivity index is 1.69. The lowest BCUT2D eigenvalue weighted by atomic mass is 10.1. The molecule has 1 aromatic heterocycles. The van der Waals surface area contributed by atoms with Crippen LogP contribution in [0.25, 0.3) is 0 Å². The van der Waals surface area contributed by atoms with Gasteiger partial charge >= 0.3 is 0 Å². The summed E-state index contributed by atoms with van der Waals surface area (Å²) in [6.07, 6.45) is 1.57. The van der Waals surface area contributed by atoms with Crippen LogP contribution in [0.1, 0.15) is 16.7 Å². The number of aromatic nitrogens is 2. The lowest BCUT2D eigenvalue weighted by Crippen LogP contribution is -2.03. The summed E-state index contributed by atoms with van der Waals surface area (Å²) in [5.74, 6) is 1.58. The van der Waals surface area contributed by atoms with Crippen LogP contribution in [-0.4, -0.2) is 9.97 Å². The van der Waals surface area contributed by atoms with Crippen molar-refractivity contribution in [3.63, 3.8) is 0 Å². The van der Waals surface area contributed by atoms with E-state index in [0.717, 1.165) is 23.9 Å². The van der Waals surface area contributed by atoms with Crippen LogP contribution < -0.4 is 10.6 Å². The van der Waals surface area contributed by atoms with Crippen molar-refractivity contribution in [1.82, 2.24) is 9.97 Å². The molecule has 3 rings (SSSR count). The molecule has 0 saturated heterocycles. The highest BCUT2D eigenvalue weighted by Gasteiger charge is 2.02. The predicted molar refractivity (Wildman–Crippen MR) is 95.0 cm³/mol. The molecule has 0 aliphatic carbocycles. The van der Waals surface area contributed by atoms with Crippen LogP contribution in [0, 0.1) is 13.8 Å². The molecular formula is C19H20N4. The molecule has 0 saturated carbocycles. The van der Waals surface area contributed by atoms with E-state index in [-0.39, 0.29) is 0 Å². The summed E-state index contributed by atoms with van der Waals surface area (Å²) in [5, 5.41) is 6.67. The van der Waals surface area contributed by atoms with Crippen molar-refractivity contribution < 1.29 is 0 Å². The summed E-state index contributed by atoms with van der Waals surface area (Å²) < 4.78 is 0. The van der Waals surface area contributed by atoms with E-state index in [2.05, 4.69) is 64.8 Å². The summed E-state index contributed by atoms with van der Waals surface area (Å²) in [6, 6.07) is 18.5. The molecule has 4 nitrogen and oxygen atoms in total. The Labute approximate surface area is 136 Å². The van der Waals surface area contributed by atoms with Crippen LogP contribution in [0.3, 0.4) is 0 Å². The fourth-order valence-electron chi connectivity index (χ4n) is 2.39. The zero-order valence-corrected chi connectivity index (χ0v) is 13.4. The molecule has 23 heavy (non-hydrogen) atoms. The molecular weight excluding hydrogens is 284 g/mol. The van der Waals surface area contributed by atoms with Gasteiger partial charge in [-0.1, -0.05) is 48.0 Å². The second kappa shape index (κ2) is 6.92. The quantitative estimate of drug-likeness (QED) is 0.731. The average Bonchev–Trinajstić information content (AvgIpc) is 2.56. The molecule has 0 aliphatic rings. The first kappa shape index (κ1) is 15.0. The predicted octanol–water partition coefficient (Wildman–Crippen LogP) is 4.45. The van der Waals surface area contributed by atoms with E-state index in [1.807, 2.05) is 24.3 Å². The lowest BCUT2D eigenvalue weighted by molar-refractivity contribution is 1.08. The Morgan fingerprint density at radius 3 is 2.52 bits per heavy atom. The van der Waals surface area contributed by atoms with Crippen molar-refractivity contribution in [3.8, 4) is 0 Å². The van der Waals surface area contributed by atoms with Crippen LogP contribution in [0.4, 0.5) is 17.3 Å². The Bertz CT molecular complexity index is 799. The number of aryl methyl sites for hydroxylation is 2. The number of hydrogen-bond donors (Lipinski definition) is 2. The van der Waals surface area contributed by atoms with E-state index < -0.39 is 0 Å². The number of nitrogens with one attached hydrogen (secondary N) is 2. The van der Waals surface area contributed by atoms with Gasteiger partial charge in [0.25, 0.3) is 0 Å². The van der Waals surface area contributed by atoms with E-state index in [4.69, 9.17) is 0 Å². The average molecular weight is 304 g/mol. The largest absolute Gasteiger partial charge is 0.366 e. The molecule has 3 aromatic rings. The van der Waals surface area contributed by atoms with Gasteiger partial charge in [0.2, 0.25) is 0 Å². The van der Waals surface area contributed by atoms with Crippen LogP contribution in [0.15, 0.2) is 60.9 Å². The maximum absolute atomic E-state index is 4.28. The summed E-state index contributed by atoms with van der Waals surface area (Å²) in [7, 11) is 0. The van der Waals surface area contributed by atoms with Gasteiger partial charge in [-0.3, -0.25) is 0 Å². The number of nitrogens with zero attached hydrogens (tertiary/aromatic N) is 2. The number of rotatable bonds is 5. The van der Waals surface area contributed by atoms with Gasteiger partial charge in [-0.2, -0.15) is 0 Å². The Morgan fingerprint density at radius 2 is 1.70 bits per heavy atom. The third-order valence-corrected chi connectivity index (χ3v) is 3.63. The summed E-state index contributed by atoms with van der Waals surface area (Å²) >= 11 is 0. The normalized spacial score (nSPS) is 10.3. The molecule has 2 N–H and O–H groups in total. The molecule has 4 heteroatoms. The first-order valence-corrected chi connectivity index (χ1v) is 7.65. The zero-order valence-electron chi connectivity index (χ0n) is 13.4. The van der Waals surface area contributed by atoms with Gasteiger partial charge in [0, 0.05) is 18.3 Å². The lowest BCUT2D eigenvalue weighted by Gasteiger charge is -2.10. The standard InChI is InChI=1S/C19H20N4/c1-14-6-5-8-16(10-14)12-20-18-11-19(22-13-21-18)23-17-9-4-3-7-15(17)2/h3-11,13H,12H2,1-2H3,(H2,20,21,22,23). The Hall–Kier alpha value is -2.88. The summed E-state index contributed by atoms with van der Waals surface area (Å²) in [6.45, 7) is 4.90. The molecule has 0 radical (unpaired) electrons. The molecule has 0 aliphatic heterocycles. The molecule has 0 amide bonds. The molecule has 0 spiro atoms. The monoisotopic (exact) mass is 304 g/mol.